The van der Waals surface area contributed by atoms with Crippen LogP contribution in [0.4, 0.5) is 0 Å². The number of hydrogen-bond acceptors (Lipinski definition) is 2. The largest absolute Gasteiger partial charge is 0.366 e. The van der Waals surface area contributed by atoms with Crippen LogP contribution in [0.25, 0.3) is 0 Å². The summed E-state index contributed by atoms with van der Waals surface area (Å²) in [5.74, 6) is 0.643. The van der Waals surface area contributed by atoms with Gasteiger partial charge in [0.15, 0.2) is 0 Å². The van der Waals surface area contributed by atoms with Crippen LogP contribution in [0.1, 0.15) is 53.4 Å². The van der Waals surface area contributed by atoms with Gasteiger partial charge in [0.2, 0.25) is 0 Å². The van der Waals surface area contributed by atoms with E-state index < -0.39 is 0 Å². The Kier molecular flexibility index (Phi) is 10.4. The van der Waals surface area contributed by atoms with Crippen molar-refractivity contribution in [3.63, 3.8) is 0 Å². The fraction of sp³-hybridized carbons (Fsp3) is 1.00. The molecule has 0 fully saturated rings. The highest BCUT2D eigenvalue weighted by Gasteiger charge is 2.04. The van der Waals surface area contributed by atoms with E-state index in [0.717, 1.165) is 13.3 Å². The van der Waals surface area contributed by atoms with Gasteiger partial charge >= 0.3 is 0 Å². The van der Waals surface area contributed by atoms with E-state index in [0.29, 0.717) is 5.92 Å². The van der Waals surface area contributed by atoms with Gasteiger partial charge in [-0.1, -0.05) is 40.5 Å². The zero-order valence-electron chi connectivity index (χ0n) is 11.1. The molecule has 2 heteroatoms. The maximum Gasteiger partial charge on any atom is 0.0990 e. The van der Waals surface area contributed by atoms with Gasteiger partial charge in [0.1, 0.15) is 0 Å². The Hall–Kier alpha value is -0.0800. The molecule has 0 N–H and O–H groups in total. The van der Waals surface area contributed by atoms with Crippen molar-refractivity contribution >= 4 is 0 Å². The monoisotopic (exact) mass is 215 g/mol. The number of hydrogen-bond donors (Lipinski definition) is 0. The average molecular weight is 215 g/mol. The van der Waals surface area contributed by atoms with Gasteiger partial charge in [-0.05, 0) is 18.8 Å². The highest BCUT2D eigenvalue weighted by molar-refractivity contribution is 4.53. The standard InChI is InChI=1S/C13H29NO/c1-5-7-9-14(10-8-6-2)12-15-11-13(3)4/h13H,5-12H2,1-4H3. The van der Waals surface area contributed by atoms with Gasteiger partial charge < -0.3 is 4.74 Å². The Morgan fingerprint density at radius 3 is 1.93 bits per heavy atom. The molecule has 0 aliphatic carbocycles. The highest BCUT2D eigenvalue weighted by Crippen LogP contribution is 2.01. The summed E-state index contributed by atoms with van der Waals surface area (Å²) in [6.07, 6.45) is 5.11. The average Bonchev–Trinajstić information content (AvgIpc) is 2.20. The molecule has 0 rings (SSSR count). The Bertz CT molecular complexity index is 118. The molecule has 0 aromatic heterocycles. The van der Waals surface area contributed by atoms with Crippen molar-refractivity contribution in [3.05, 3.63) is 0 Å². The van der Waals surface area contributed by atoms with Crippen molar-refractivity contribution in [1.82, 2.24) is 4.90 Å². The molecule has 0 saturated heterocycles. The zero-order valence-corrected chi connectivity index (χ0v) is 11.1. The van der Waals surface area contributed by atoms with Crippen molar-refractivity contribution in [2.24, 2.45) is 5.92 Å². The molecule has 0 radical (unpaired) electrons. The smallest absolute Gasteiger partial charge is 0.0990 e. The van der Waals surface area contributed by atoms with Crippen LogP contribution in [0.15, 0.2) is 0 Å². The predicted molar refractivity (Wildman–Crippen MR) is 67.0 cm³/mol. The lowest BCUT2D eigenvalue weighted by molar-refractivity contribution is 0.0146. The molecule has 0 heterocycles. The van der Waals surface area contributed by atoms with Gasteiger partial charge in [0.25, 0.3) is 0 Å². The summed E-state index contributed by atoms with van der Waals surface area (Å²) in [4.78, 5) is 2.44. The molecular weight excluding hydrogens is 186 g/mol. The third kappa shape index (κ3) is 10.2. The molecule has 0 saturated carbocycles. The molecule has 0 atom stereocenters. The van der Waals surface area contributed by atoms with Crippen molar-refractivity contribution in [2.45, 2.75) is 53.4 Å². The van der Waals surface area contributed by atoms with Gasteiger partial charge in [-0.3, -0.25) is 4.90 Å². The zero-order chi connectivity index (χ0) is 11.5. The van der Waals surface area contributed by atoms with Crippen LogP contribution in [0.5, 0.6) is 0 Å². The number of unbranched alkanes of at least 4 members (excludes halogenated alkanes) is 2. The first-order valence-electron chi connectivity index (χ1n) is 6.50. The van der Waals surface area contributed by atoms with E-state index in [9.17, 15) is 0 Å². The first-order valence-corrected chi connectivity index (χ1v) is 6.50. The van der Waals surface area contributed by atoms with Gasteiger partial charge in [-0.25, -0.2) is 0 Å². The Morgan fingerprint density at radius 2 is 1.53 bits per heavy atom. The van der Waals surface area contributed by atoms with Crippen molar-refractivity contribution in [1.29, 1.82) is 0 Å². The van der Waals surface area contributed by atoms with E-state index >= 15 is 0 Å². The summed E-state index contributed by atoms with van der Waals surface area (Å²) in [7, 11) is 0. The lowest BCUT2D eigenvalue weighted by atomic mass is 10.2. The SMILES string of the molecule is CCCCN(CCCC)COCC(C)C. The topological polar surface area (TPSA) is 12.5 Å². The highest BCUT2D eigenvalue weighted by atomic mass is 16.5. The maximum atomic E-state index is 5.68. The number of nitrogens with zero attached hydrogens (tertiary/aromatic N) is 1. The lowest BCUT2D eigenvalue weighted by Crippen LogP contribution is -2.29. The lowest BCUT2D eigenvalue weighted by Gasteiger charge is -2.22. The minimum Gasteiger partial charge on any atom is -0.366 e. The molecule has 0 bridgehead atoms. The number of rotatable bonds is 10. The summed E-state index contributed by atoms with van der Waals surface area (Å²) < 4.78 is 5.68. The summed E-state index contributed by atoms with van der Waals surface area (Å²) in [6.45, 7) is 13.0. The molecule has 0 aromatic carbocycles. The minimum atomic E-state index is 0.643. The van der Waals surface area contributed by atoms with Crippen LogP contribution in [0.2, 0.25) is 0 Å². The molecule has 92 valence electrons. The van der Waals surface area contributed by atoms with Crippen LogP contribution in [0.3, 0.4) is 0 Å². The van der Waals surface area contributed by atoms with Gasteiger partial charge in [-0.15, -0.1) is 0 Å². The molecule has 0 aromatic rings. The van der Waals surface area contributed by atoms with E-state index in [1.807, 2.05) is 0 Å². The minimum absolute atomic E-state index is 0.643. The van der Waals surface area contributed by atoms with Crippen molar-refractivity contribution in [2.75, 3.05) is 26.4 Å². The van der Waals surface area contributed by atoms with Gasteiger partial charge in [-0.2, -0.15) is 0 Å². The summed E-state index contributed by atoms with van der Waals surface area (Å²) in [5.41, 5.74) is 0. The van der Waals surface area contributed by atoms with Crippen LogP contribution in [0, 0.1) is 5.92 Å². The van der Waals surface area contributed by atoms with Crippen LogP contribution in [-0.2, 0) is 4.74 Å². The second-order valence-electron chi connectivity index (χ2n) is 4.72. The van der Waals surface area contributed by atoms with Crippen LogP contribution in [-0.4, -0.2) is 31.3 Å². The second-order valence-corrected chi connectivity index (χ2v) is 4.72. The Morgan fingerprint density at radius 1 is 1.00 bits per heavy atom. The summed E-state index contributed by atoms with van der Waals surface area (Å²) in [5, 5.41) is 0. The Balaban J connectivity index is 3.58. The number of ether oxygens (including phenoxy) is 1. The molecule has 0 amide bonds. The normalized spacial score (nSPS) is 11.6. The first kappa shape index (κ1) is 14.9. The Labute approximate surface area is 96.0 Å². The van der Waals surface area contributed by atoms with E-state index in [1.165, 1.54) is 38.8 Å². The molecule has 2 nitrogen and oxygen atoms in total. The van der Waals surface area contributed by atoms with Gasteiger partial charge in [0, 0.05) is 13.1 Å². The van der Waals surface area contributed by atoms with E-state index in [-0.39, 0.29) is 0 Å². The van der Waals surface area contributed by atoms with Crippen molar-refractivity contribution < 1.29 is 4.74 Å². The molecule has 0 aliphatic rings. The van der Waals surface area contributed by atoms with Crippen molar-refractivity contribution in [3.8, 4) is 0 Å². The second kappa shape index (κ2) is 10.4. The predicted octanol–water partition coefficient (Wildman–Crippen LogP) is 3.52. The quantitative estimate of drug-likeness (QED) is 0.517. The first-order chi connectivity index (χ1) is 7.20. The summed E-state index contributed by atoms with van der Waals surface area (Å²) >= 11 is 0. The molecule has 0 aliphatic heterocycles. The van der Waals surface area contributed by atoms with Gasteiger partial charge in [0.05, 0.1) is 13.3 Å². The molecule has 0 unspecified atom stereocenters. The molecule has 0 spiro atoms. The molecular formula is C13H29NO. The molecule has 15 heavy (non-hydrogen) atoms. The van der Waals surface area contributed by atoms with Crippen LogP contribution < -0.4 is 0 Å². The fourth-order valence-corrected chi connectivity index (χ4v) is 1.42. The fourth-order valence-electron chi connectivity index (χ4n) is 1.42. The third-order valence-corrected chi connectivity index (χ3v) is 2.38. The summed E-state index contributed by atoms with van der Waals surface area (Å²) in [6, 6.07) is 0. The van der Waals surface area contributed by atoms with E-state index in [4.69, 9.17) is 4.74 Å². The van der Waals surface area contributed by atoms with E-state index in [1.54, 1.807) is 0 Å². The van der Waals surface area contributed by atoms with Crippen LogP contribution >= 0.6 is 0 Å². The maximum absolute atomic E-state index is 5.68. The third-order valence-electron chi connectivity index (χ3n) is 2.38. The van der Waals surface area contributed by atoms with E-state index in [2.05, 4.69) is 32.6 Å².